The lowest BCUT2D eigenvalue weighted by Gasteiger charge is -2.32. The van der Waals surface area contributed by atoms with Crippen molar-refractivity contribution in [1.29, 1.82) is 0 Å². The molecule has 0 spiro atoms. The number of nitrogens with one attached hydrogen (secondary N) is 1. The minimum Gasteiger partial charge on any atom is -0.373 e. The molecule has 1 aromatic carbocycles. The van der Waals surface area contributed by atoms with Gasteiger partial charge in [-0.3, -0.25) is 9.48 Å². The molecule has 30 heavy (non-hydrogen) atoms. The standard InChI is InChI=1S/C20H17F4N5O/c1-11-10-28(14-5-3-13(4-6-14)20(22,23)24)19(30)18-15(9-26-29(11)18)12-7-16(21)27-17(8-12)25-2/h3-9,11H,10H2,1-2H3,(H,25,27)/t11-/m0/s1. The minimum atomic E-state index is -4.46. The van der Waals surface area contributed by atoms with Crippen molar-refractivity contribution in [1.82, 2.24) is 14.8 Å². The lowest BCUT2D eigenvalue weighted by atomic mass is 10.0. The number of halogens is 4. The van der Waals surface area contributed by atoms with Gasteiger partial charge >= 0.3 is 6.18 Å². The second-order valence-electron chi connectivity index (χ2n) is 6.97. The molecule has 1 N–H and O–H groups in total. The molecule has 2 aromatic heterocycles. The van der Waals surface area contributed by atoms with Gasteiger partial charge in [-0.1, -0.05) is 0 Å². The summed E-state index contributed by atoms with van der Waals surface area (Å²) in [6, 6.07) is 6.98. The lowest BCUT2D eigenvalue weighted by molar-refractivity contribution is -0.137. The van der Waals surface area contributed by atoms with Crippen LogP contribution in [0.3, 0.4) is 0 Å². The summed E-state index contributed by atoms with van der Waals surface area (Å²) in [6.07, 6.45) is -2.98. The molecule has 0 saturated heterocycles. The van der Waals surface area contributed by atoms with E-state index in [0.29, 0.717) is 22.6 Å². The van der Waals surface area contributed by atoms with Gasteiger partial charge in [0.05, 0.1) is 17.8 Å². The molecule has 4 rings (SSSR count). The number of hydrogen-bond acceptors (Lipinski definition) is 4. The number of carbonyl (C=O) groups excluding carboxylic acids is 1. The highest BCUT2D eigenvalue weighted by Gasteiger charge is 2.35. The Morgan fingerprint density at radius 2 is 1.87 bits per heavy atom. The molecule has 0 bridgehead atoms. The van der Waals surface area contributed by atoms with Crippen LogP contribution >= 0.6 is 0 Å². The lowest BCUT2D eigenvalue weighted by Crippen LogP contribution is -2.42. The van der Waals surface area contributed by atoms with Crippen molar-refractivity contribution in [3.05, 3.63) is 59.8 Å². The Labute approximate surface area is 169 Å². The van der Waals surface area contributed by atoms with Crippen molar-refractivity contribution in [2.75, 3.05) is 23.8 Å². The van der Waals surface area contributed by atoms with Gasteiger partial charge in [0.2, 0.25) is 5.95 Å². The maximum absolute atomic E-state index is 13.9. The van der Waals surface area contributed by atoms with Crippen LogP contribution in [0.5, 0.6) is 0 Å². The Morgan fingerprint density at radius 3 is 2.50 bits per heavy atom. The smallest absolute Gasteiger partial charge is 0.373 e. The van der Waals surface area contributed by atoms with Crippen molar-refractivity contribution in [3.8, 4) is 11.1 Å². The van der Waals surface area contributed by atoms with Gasteiger partial charge in [0, 0.05) is 30.9 Å². The highest BCUT2D eigenvalue weighted by atomic mass is 19.4. The van der Waals surface area contributed by atoms with Gasteiger partial charge in [0.15, 0.2) is 0 Å². The number of alkyl halides is 3. The summed E-state index contributed by atoms with van der Waals surface area (Å²) in [5.74, 6) is -0.850. The molecule has 1 amide bonds. The molecule has 156 valence electrons. The number of amides is 1. The zero-order valence-electron chi connectivity index (χ0n) is 16.0. The summed E-state index contributed by atoms with van der Waals surface area (Å²) >= 11 is 0. The van der Waals surface area contributed by atoms with E-state index in [1.165, 1.54) is 29.3 Å². The third kappa shape index (κ3) is 3.38. The third-order valence-electron chi connectivity index (χ3n) is 4.98. The van der Waals surface area contributed by atoms with Gasteiger partial charge in [-0.05, 0) is 42.8 Å². The average Bonchev–Trinajstić information content (AvgIpc) is 3.16. The normalized spacial score (nSPS) is 16.5. The summed E-state index contributed by atoms with van der Waals surface area (Å²) in [7, 11) is 1.60. The zero-order valence-corrected chi connectivity index (χ0v) is 16.0. The Hall–Kier alpha value is -3.43. The minimum absolute atomic E-state index is 0.232. The first-order valence-corrected chi connectivity index (χ1v) is 9.11. The first-order chi connectivity index (χ1) is 14.2. The maximum Gasteiger partial charge on any atom is 0.416 e. The molecule has 0 saturated carbocycles. The molecule has 0 fully saturated rings. The van der Waals surface area contributed by atoms with Crippen LogP contribution in [0.25, 0.3) is 11.1 Å². The molecule has 1 aliphatic rings. The van der Waals surface area contributed by atoms with Crippen molar-refractivity contribution >= 4 is 17.4 Å². The molecular formula is C20H17F4N5O. The average molecular weight is 419 g/mol. The maximum atomic E-state index is 13.9. The fourth-order valence-corrected chi connectivity index (χ4v) is 3.51. The first kappa shape index (κ1) is 19.9. The number of fused-ring (bicyclic) bond motifs is 1. The summed E-state index contributed by atoms with van der Waals surface area (Å²) in [6.45, 7) is 2.08. The molecule has 3 aromatic rings. The summed E-state index contributed by atoms with van der Waals surface area (Å²) in [4.78, 5) is 18.4. The molecule has 1 atom stereocenters. The third-order valence-corrected chi connectivity index (χ3v) is 4.98. The van der Waals surface area contributed by atoms with E-state index in [1.54, 1.807) is 17.8 Å². The van der Waals surface area contributed by atoms with E-state index < -0.39 is 23.6 Å². The Balaban J connectivity index is 1.76. The van der Waals surface area contributed by atoms with E-state index in [0.717, 1.165) is 12.1 Å². The number of carbonyl (C=O) groups is 1. The van der Waals surface area contributed by atoms with Gasteiger partial charge in [0.1, 0.15) is 11.5 Å². The topological polar surface area (TPSA) is 63.1 Å². The molecule has 1 aliphatic heterocycles. The van der Waals surface area contributed by atoms with Gasteiger partial charge in [-0.2, -0.15) is 22.7 Å². The van der Waals surface area contributed by atoms with E-state index >= 15 is 0 Å². The first-order valence-electron chi connectivity index (χ1n) is 9.11. The summed E-state index contributed by atoms with van der Waals surface area (Å²) < 4.78 is 54.0. The molecule has 3 heterocycles. The quantitative estimate of drug-likeness (QED) is 0.506. The van der Waals surface area contributed by atoms with Crippen molar-refractivity contribution in [3.63, 3.8) is 0 Å². The number of anilines is 2. The van der Waals surface area contributed by atoms with E-state index in [2.05, 4.69) is 15.4 Å². The number of rotatable bonds is 3. The van der Waals surface area contributed by atoms with Crippen LogP contribution in [0.2, 0.25) is 0 Å². The highest BCUT2D eigenvalue weighted by molar-refractivity contribution is 6.09. The SMILES string of the molecule is CNc1cc(-c2cnn3c2C(=O)N(c2ccc(C(F)(F)F)cc2)C[C@@H]3C)cc(F)n1. The predicted molar refractivity (Wildman–Crippen MR) is 103 cm³/mol. The largest absolute Gasteiger partial charge is 0.416 e. The van der Waals surface area contributed by atoms with E-state index in [1.807, 2.05) is 6.92 Å². The molecular weight excluding hydrogens is 402 g/mol. The van der Waals surface area contributed by atoms with Crippen molar-refractivity contribution < 1.29 is 22.4 Å². The Kier molecular flexibility index (Phi) is 4.71. The van der Waals surface area contributed by atoms with E-state index in [4.69, 9.17) is 0 Å². The summed E-state index contributed by atoms with van der Waals surface area (Å²) in [5.41, 5.74) is 0.627. The van der Waals surface area contributed by atoms with Crippen molar-refractivity contribution in [2.45, 2.75) is 19.1 Å². The van der Waals surface area contributed by atoms with Crippen LogP contribution in [-0.2, 0) is 6.18 Å². The van der Waals surface area contributed by atoms with Gasteiger partial charge in [-0.25, -0.2) is 4.98 Å². The van der Waals surface area contributed by atoms with Crippen LogP contribution in [0.1, 0.15) is 29.0 Å². The van der Waals surface area contributed by atoms with E-state index in [9.17, 15) is 22.4 Å². The molecule has 10 heteroatoms. The van der Waals surface area contributed by atoms with E-state index in [-0.39, 0.29) is 18.3 Å². The second-order valence-corrected chi connectivity index (χ2v) is 6.97. The van der Waals surface area contributed by atoms with Gasteiger partial charge in [-0.15, -0.1) is 0 Å². The fourth-order valence-electron chi connectivity index (χ4n) is 3.51. The molecule has 6 nitrogen and oxygen atoms in total. The molecule has 0 radical (unpaired) electrons. The monoisotopic (exact) mass is 419 g/mol. The van der Waals surface area contributed by atoms with Crippen LogP contribution < -0.4 is 10.2 Å². The summed E-state index contributed by atoms with van der Waals surface area (Å²) in [5, 5.41) is 7.04. The fraction of sp³-hybridized carbons (Fsp3) is 0.250. The van der Waals surface area contributed by atoms with Crippen LogP contribution in [-0.4, -0.2) is 34.3 Å². The Morgan fingerprint density at radius 1 is 1.17 bits per heavy atom. The van der Waals surface area contributed by atoms with Crippen LogP contribution in [0.4, 0.5) is 29.1 Å². The molecule has 0 aliphatic carbocycles. The van der Waals surface area contributed by atoms with Crippen LogP contribution in [0.15, 0.2) is 42.6 Å². The molecule has 0 unspecified atom stereocenters. The number of pyridine rings is 1. The van der Waals surface area contributed by atoms with Gasteiger partial charge in [0.25, 0.3) is 5.91 Å². The van der Waals surface area contributed by atoms with Crippen LogP contribution in [0, 0.1) is 5.95 Å². The number of benzene rings is 1. The second kappa shape index (κ2) is 7.12. The number of aromatic nitrogens is 3. The highest BCUT2D eigenvalue weighted by Crippen LogP contribution is 2.35. The number of nitrogens with zero attached hydrogens (tertiary/aromatic N) is 4. The van der Waals surface area contributed by atoms with Gasteiger partial charge < -0.3 is 10.2 Å². The number of hydrogen-bond donors (Lipinski definition) is 1. The van der Waals surface area contributed by atoms with Crippen molar-refractivity contribution in [2.24, 2.45) is 0 Å². The predicted octanol–water partition coefficient (Wildman–Crippen LogP) is 4.37. The zero-order chi connectivity index (χ0) is 21.6. The Bertz CT molecular complexity index is 1110.